The van der Waals surface area contributed by atoms with Gasteiger partial charge in [0.15, 0.2) is 0 Å². The Kier molecular flexibility index (Phi) is 6.33. The second kappa shape index (κ2) is 8.68. The van der Waals surface area contributed by atoms with Gasteiger partial charge in [0.1, 0.15) is 10.8 Å². The van der Waals surface area contributed by atoms with Crippen molar-refractivity contribution in [3.8, 4) is 5.40 Å². The maximum absolute atomic E-state index is 9.31. The van der Waals surface area contributed by atoms with Gasteiger partial charge in [0, 0.05) is 22.3 Å². The second-order valence-electron chi connectivity index (χ2n) is 5.13. The highest BCUT2D eigenvalue weighted by atomic mass is 35.5. The van der Waals surface area contributed by atoms with Crippen LogP contribution in [0.4, 0.5) is 0 Å². The van der Waals surface area contributed by atoms with Gasteiger partial charge in [-0.3, -0.25) is 0 Å². The van der Waals surface area contributed by atoms with Crippen molar-refractivity contribution in [2.24, 2.45) is 0 Å². The number of halogens is 2. The summed E-state index contributed by atoms with van der Waals surface area (Å²) in [5.74, 6) is 0. The van der Waals surface area contributed by atoms with Crippen molar-refractivity contribution in [2.45, 2.75) is 15.5 Å². The smallest absolute Gasteiger partial charge is 0.135 e. The minimum atomic E-state index is -0.147. The maximum Gasteiger partial charge on any atom is 0.135 e. The predicted octanol–water partition coefficient (Wildman–Crippen LogP) is 6.44. The van der Waals surface area contributed by atoms with E-state index < -0.39 is 0 Å². The lowest BCUT2D eigenvalue weighted by Crippen LogP contribution is -2.11. The van der Waals surface area contributed by atoms with Crippen LogP contribution in [-0.2, 0) is 0 Å². The molecule has 0 aliphatic carbocycles. The van der Waals surface area contributed by atoms with Crippen LogP contribution in [0.1, 0.15) is 16.2 Å². The Bertz CT molecular complexity index is 864. The molecule has 0 aliphatic heterocycles. The van der Waals surface area contributed by atoms with Gasteiger partial charge in [-0.2, -0.15) is 5.26 Å². The number of nitrogens with zero attached hydrogens (tertiary/aromatic N) is 3. The van der Waals surface area contributed by atoms with E-state index in [0.717, 1.165) is 10.5 Å². The molecule has 3 rings (SSSR count). The molecule has 25 heavy (non-hydrogen) atoms. The van der Waals surface area contributed by atoms with Crippen molar-refractivity contribution >= 4 is 46.7 Å². The van der Waals surface area contributed by atoms with Crippen molar-refractivity contribution in [3.63, 3.8) is 0 Å². The van der Waals surface area contributed by atoms with Gasteiger partial charge < -0.3 is 4.57 Å². The standard InChI is InChI=1S/C18H13Cl2N3S2/c19-14-6-7-16(15(20)10-14)25-17(13-4-2-1-3-5-13)18(24-11-21)23-9-8-22-12-23/h1-10,12,17-18H. The monoisotopic (exact) mass is 405 g/mol. The molecule has 3 nitrogen and oxygen atoms in total. The lowest BCUT2D eigenvalue weighted by atomic mass is 10.1. The summed E-state index contributed by atoms with van der Waals surface area (Å²) in [5, 5.41) is 12.6. The zero-order chi connectivity index (χ0) is 17.6. The number of nitriles is 1. The molecule has 1 heterocycles. The highest BCUT2D eigenvalue weighted by Crippen LogP contribution is 2.49. The second-order valence-corrected chi connectivity index (χ2v) is 8.06. The lowest BCUT2D eigenvalue weighted by molar-refractivity contribution is 0.664. The van der Waals surface area contributed by atoms with Crippen molar-refractivity contribution in [1.29, 1.82) is 5.26 Å². The Morgan fingerprint density at radius 1 is 1.12 bits per heavy atom. The molecule has 0 aliphatic rings. The number of hydrogen-bond acceptors (Lipinski definition) is 4. The largest absolute Gasteiger partial charge is 0.322 e. The molecular formula is C18H13Cl2N3S2. The van der Waals surface area contributed by atoms with Crippen molar-refractivity contribution in [2.75, 3.05) is 0 Å². The average molecular weight is 406 g/mol. The molecule has 0 amide bonds. The summed E-state index contributed by atoms with van der Waals surface area (Å²) < 4.78 is 1.95. The normalized spacial score (nSPS) is 13.2. The summed E-state index contributed by atoms with van der Waals surface area (Å²) in [6, 6.07) is 15.5. The lowest BCUT2D eigenvalue weighted by Gasteiger charge is -2.26. The maximum atomic E-state index is 9.31. The fraction of sp³-hybridized carbons (Fsp3) is 0.111. The van der Waals surface area contributed by atoms with Gasteiger partial charge in [0.05, 0.1) is 16.6 Å². The van der Waals surface area contributed by atoms with E-state index in [1.807, 2.05) is 41.1 Å². The minimum absolute atomic E-state index is 0.0290. The third kappa shape index (κ3) is 4.53. The van der Waals surface area contributed by atoms with E-state index in [4.69, 9.17) is 23.2 Å². The van der Waals surface area contributed by atoms with Gasteiger partial charge in [-0.1, -0.05) is 53.5 Å². The van der Waals surface area contributed by atoms with Gasteiger partial charge in [-0.15, -0.1) is 11.8 Å². The number of thiocyanates is 1. The first-order valence-electron chi connectivity index (χ1n) is 7.38. The Labute approximate surface area is 165 Å². The van der Waals surface area contributed by atoms with Crippen molar-refractivity contribution < 1.29 is 0 Å². The summed E-state index contributed by atoms with van der Waals surface area (Å²) >= 11 is 15.2. The van der Waals surface area contributed by atoms with Crippen LogP contribution >= 0.6 is 46.7 Å². The molecule has 0 saturated carbocycles. The van der Waals surface area contributed by atoms with Gasteiger partial charge in [0.2, 0.25) is 0 Å². The summed E-state index contributed by atoms with van der Waals surface area (Å²) in [6.45, 7) is 0. The number of imidazole rings is 1. The highest BCUT2D eigenvalue weighted by Gasteiger charge is 2.27. The molecule has 0 spiro atoms. The van der Waals surface area contributed by atoms with E-state index in [-0.39, 0.29) is 10.6 Å². The van der Waals surface area contributed by atoms with E-state index in [1.165, 1.54) is 11.8 Å². The number of thioether (sulfide) groups is 2. The van der Waals surface area contributed by atoms with E-state index in [9.17, 15) is 5.26 Å². The predicted molar refractivity (Wildman–Crippen MR) is 106 cm³/mol. The molecule has 3 aromatic rings. The molecule has 126 valence electrons. The van der Waals surface area contributed by atoms with E-state index in [0.29, 0.717) is 10.0 Å². The van der Waals surface area contributed by atoms with Gasteiger partial charge in [0.25, 0.3) is 0 Å². The number of aromatic nitrogens is 2. The van der Waals surface area contributed by atoms with E-state index in [1.54, 1.807) is 30.4 Å². The summed E-state index contributed by atoms with van der Waals surface area (Å²) in [5.41, 5.74) is 1.11. The molecule has 1 aromatic heterocycles. The summed E-state index contributed by atoms with van der Waals surface area (Å²) in [4.78, 5) is 5.05. The fourth-order valence-corrected chi connectivity index (χ4v) is 5.05. The molecule has 0 saturated heterocycles. The average Bonchev–Trinajstić information content (AvgIpc) is 3.15. The third-order valence-electron chi connectivity index (χ3n) is 3.53. The highest BCUT2D eigenvalue weighted by molar-refractivity contribution is 8.05. The Balaban J connectivity index is 2.01. The van der Waals surface area contributed by atoms with Gasteiger partial charge in [-0.05, 0) is 35.5 Å². The molecule has 2 aromatic carbocycles. The first-order valence-corrected chi connectivity index (χ1v) is 9.89. The van der Waals surface area contributed by atoms with Crippen molar-refractivity contribution in [1.82, 2.24) is 9.55 Å². The third-order valence-corrected chi connectivity index (χ3v) is 6.62. The molecule has 2 unspecified atom stereocenters. The van der Waals surface area contributed by atoms with Crippen LogP contribution in [0.3, 0.4) is 0 Å². The van der Waals surface area contributed by atoms with Crippen LogP contribution in [-0.4, -0.2) is 9.55 Å². The van der Waals surface area contributed by atoms with Crippen LogP contribution in [0.5, 0.6) is 0 Å². The van der Waals surface area contributed by atoms with Gasteiger partial charge in [-0.25, -0.2) is 4.98 Å². The summed E-state index contributed by atoms with van der Waals surface area (Å²) in [7, 11) is 0. The van der Waals surface area contributed by atoms with Gasteiger partial charge >= 0.3 is 0 Å². The Morgan fingerprint density at radius 2 is 1.92 bits per heavy atom. The SMILES string of the molecule is N#CSC(C(Sc1ccc(Cl)cc1Cl)c1ccccc1)n1ccnc1. The number of rotatable bonds is 6. The van der Waals surface area contributed by atoms with Crippen molar-refractivity contribution in [3.05, 3.63) is 82.9 Å². The van der Waals surface area contributed by atoms with Crippen LogP contribution in [0.15, 0.2) is 72.1 Å². The molecule has 0 radical (unpaired) electrons. The topological polar surface area (TPSA) is 41.6 Å². The molecule has 0 N–H and O–H groups in total. The molecule has 0 fully saturated rings. The molecule has 7 heteroatoms. The number of benzene rings is 2. The summed E-state index contributed by atoms with van der Waals surface area (Å²) in [6.07, 6.45) is 5.32. The zero-order valence-electron chi connectivity index (χ0n) is 12.9. The Hall–Kier alpha value is -1.58. The molecular weight excluding hydrogens is 393 g/mol. The Morgan fingerprint density at radius 3 is 2.56 bits per heavy atom. The molecule has 2 atom stereocenters. The first-order chi connectivity index (χ1) is 12.2. The minimum Gasteiger partial charge on any atom is -0.322 e. The van der Waals surface area contributed by atoms with E-state index >= 15 is 0 Å². The quantitative estimate of drug-likeness (QED) is 0.349. The van der Waals surface area contributed by atoms with Crippen LogP contribution in [0, 0.1) is 10.7 Å². The van der Waals surface area contributed by atoms with Crippen LogP contribution in [0.25, 0.3) is 0 Å². The first kappa shape index (κ1) is 18.2. The van der Waals surface area contributed by atoms with E-state index in [2.05, 4.69) is 22.5 Å². The molecule has 0 bridgehead atoms. The number of hydrogen-bond donors (Lipinski definition) is 0. The fourth-order valence-electron chi connectivity index (χ4n) is 2.39. The van der Waals surface area contributed by atoms with Crippen LogP contribution < -0.4 is 0 Å². The van der Waals surface area contributed by atoms with Crippen LogP contribution in [0.2, 0.25) is 10.0 Å². The zero-order valence-corrected chi connectivity index (χ0v) is 16.1.